The number of amides is 2. The normalized spacial score (nSPS) is 24.5. The van der Waals surface area contributed by atoms with Gasteiger partial charge in [-0.25, -0.2) is 13.9 Å². The Hall–Kier alpha value is -1.67. The lowest BCUT2D eigenvalue weighted by Crippen LogP contribution is -2.44. The maximum atomic E-state index is 13.5. The number of carbonyl (C=O) groups is 1. The molecule has 2 amide bonds. The minimum absolute atomic E-state index is 0.276. The van der Waals surface area contributed by atoms with Crippen LogP contribution in [-0.4, -0.2) is 66.4 Å². The molecule has 1 aliphatic heterocycles. The third-order valence-corrected chi connectivity index (χ3v) is 4.22. The highest BCUT2D eigenvalue weighted by Gasteiger charge is 2.45. The van der Waals surface area contributed by atoms with Crippen molar-refractivity contribution in [1.29, 1.82) is 0 Å². The molecular weight excluding hydrogens is 315 g/mol. The van der Waals surface area contributed by atoms with Gasteiger partial charge in [0, 0.05) is 20.3 Å². The van der Waals surface area contributed by atoms with E-state index in [0.717, 1.165) is 5.69 Å². The van der Waals surface area contributed by atoms with E-state index in [1.54, 1.807) is 10.7 Å². The second kappa shape index (κ2) is 7.06. The molecule has 2 rings (SSSR count). The van der Waals surface area contributed by atoms with E-state index in [1.807, 2.05) is 27.7 Å². The summed E-state index contributed by atoms with van der Waals surface area (Å²) in [7, 11) is 3.03. The number of aromatic nitrogens is 2. The molecule has 3 atom stereocenters. The first kappa shape index (κ1) is 18.7. The molecule has 0 spiro atoms. The van der Waals surface area contributed by atoms with Crippen LogP contribution in [0.2, 0.25) is 0 Å². The lowest BCUT2D eigenvalue weighted by atomic mass is 10.1. The topological polar surface area (TPSA) is 68.6 Å². The first-order valence-corrected chi connectivity index (χ1v) is 7.99. The number of nitrogens with one attached hydrogen (secondary N) is 1. The van der Waals surface area contributed by atoms with Crippen LogP contribution >= 0.6 is 0 Å². The van der Waals surface area contributed by atoms with Gasteiger partial charge < -0.3 is 14.4 Å². The van der Waals surface area contributed by atoms with Gasteiger partial charge in [-0.2, -0.15) is 5.10 Å². The Morgan fingerprint density at radius 2 is 2.08 bits per heavy atom. The molecule has 0 saturated carbocycles. The summed E-state index contributed by atoms with van der Waals surface area (Å²) in [5.41, 5.74) is 0.513. The second-order valence-electron chi connectivity index (χ2n) is 7.03. The number of hydrogen-bond acceptors (Lipinski definition) is 4. The predicted octanol–water partition coefficient (Wildman–Crippen LogP) is 2.16. The van der Waals surface area contributed by atoms with Crippen LogP contribution in [0.3, 0.4) is 0 Å². The summed E-state index contributed by atoms with van der Waals surface area (Å²) in [4.78, 5) is 14.1. The molecule has 0 radical (unpaired) electrons. The van der Waals surface area contributed by atoms with Gasteiger partial charge in [0.25, 0.3) is 0 Å². The van der Waals surface area contributed by atoms with Gasteiger partial charge >= 0.3 is 6.03 Å². The number of halogens is 1. The molecule has 2 heterocycles. The third-order valence-electron chi connectivity index (χ3n) is 4.22. The van der Waals surface area contributed by atoms with Crippen molar-refractivity contribution in [3.63, 3.8) is 0 Å². The van der Waals surface area contributed by atoms with Gasteiger partial charge in [0.15, 0.2) is 0 Å². The molecule has 0 unspecified atom stereocenters. The van der Waals surface area contributed by atoms with Gasteiger partial charge in [0.05, 0.1) is 23.8 Å². The van der Waals surface area contributed by atoms with Crippen molar-refractivity contribution in [3.05, 3.63) is 11.8 Å². The summed E-state index contributed by atoms with van der Waals surface area (Å²) in [5, 5.41) is 7.27. The Morgan fingerprint density at radius 1 is 1.42 bits per heavy atom. The highest BCUT2D eigenvalue weighted by Crippen LogP contribution is 2.26. The van der Waals surface area contributed by atoms with Crippen LogP contribution in [0.15, 0.2) is 6.07 Å². The Morgan fingerprint density at radius 3 is 2.58 bits per heavy atom. The van der Waals surface area contributed by atoms with Crippen LogP contribution in [0.5, 0.6) is 0 Å². The van der Waals surface area contributed by atoms with E-state index in [4.69, 9.17) is 9.47 Å². The van der Waals surface area contributed by atoms with Crippen LogP contribution < -0.4 is 5.32 Å². The number of aryl methyl sites for hydroxylation is 1. The van der Waals surface area contributed by atoms with E-state index in [0.29, 0.717) is 5.82 Å². The summed E-state index contributed by atoms with van der Waals surface area (Å²) in [5.74, 6) is 0.581. The van der Waals surface area contributed by atoms with Crippen molar-refractivity contribution in [1.82, 2.24) is 14.7 Å². The Bertz CT molecular complexity index is 584. The molecule has 1 aromatic rings. The maximum absolute atomic E-state index is 13.5. The molecule has 24 heavy (non-hydrogen) atoms. The number of alkyl halides is 1. The first-order chi connectivity index (χ1) is 11.2. The second-order valence-corrected chi connectivity index (χ2v) is 7.03. The van der Waals surface area contributed by atoms with E-state index >= 15 is 0 Å². The summed E-state index contributed by atoms with van der Waals surface area (Å²) >= 11 is 0. The van der Waals surface area contributed by atoms with E-state index in [2.05, 4.69) is 10.4 Å². The van der Waals surface area contributed by atoms with Gasteiger partial charge in [0.1, 0.15) is 24.7 Å². The molecule has 1 N–H and O–H groups in total. The Balaban J connectivity index is 2.21. The van der Waals surface area contributed by atoms with Crippen LogP contribution in [-0.2, 0) is 15.0 Å². The minimum atomic E-state index is -0.691. The number of likely N-dealkylation sites (tertiary alicyclic amines) is 1. The summed E-state index contributed by atoms with van der Waals surface area (Å²) in [6.45, 7) is 7.44. The molecule has 8 heteroatoms. The van der Waals surface area contributed by atoms with Gasteiger partial charge in [0.2, 0.25) is 0 Å². The molecule has 0 bridgehead atoms. The average molecular weight is 342 g/mol. The summed E-state index contributed by atoms with van der Waals surface area (Å²) in [6.07, 6.45) is -0.837. The standard InChI is InChI=1S/C16H27FN4O3/c1-10-7-13(21(19-10)16(2,3)4)18-15(22)20-9-12(23-5)14(24-6)11(20)8-17/h7,11-12,14H,8-9H2,1-6H3,(H,18,22)/t11-,12+,14-/m0/s1. The largest absolute Gasteiger partial charge is 0.377 e. The summed E-state index contributed by atoms with van der Waals surface area (Å²) in [6, 6.07) is 0.738. The molecule has 1 fully saturated rings. The highest BCUT2D eigenvalue weighted by atomic mass is 19.1. The van der Waals surface area contributed by atoms with Gasteiger partial charge in [-0.05, 0) is 27.7 Å². The van der Waals surface area contributed by atoms with Crippen molar-refractivity contribution in [2.24, 2.45) is 0 Å². The van der Waals surface area contributed by atoms with Gasteiger partial charge in [-0.1, -0.05) is 0 Å². The highest BCUT2D eigenvalue weighted by molar-refractivity contribution is 5.89. The lowest BCUT2D eigenvalue weighted by Gasteiger charge is -2.27. The van der Waals surface area contributed by atoms with E-state index in [-0.39, 0.29) is 24.2 Å². The first-order valence-electron chi connectivity index (χ1n) is 7.99. The molecule has 0 aliphatic carbocycles. The number of anilines is 1. The maximum Gasteiger partial charge on any atom is 0.323 e. The molecule has 0 aromatic carbocycles. The number of nitrogens with zero attached hydrogens (tertiary/aromatic N) is 3. The van der Waals surface area contributed by atoms with Crippen LogP contribution in [0.25, 0.3) is 0 Å². The fourth-order valence-corrected chi connectivity index (χ4v) is 3.06. The van der Waals surface area contributed by atoms with Crippen molar-refractivity contribution < 1.29 is 18.7 Å². The Kier molecular flexibility index (Phi) is 5.49. The van der Waals surface area contributed by atoms with Crippen molar-refractivity contribution in [2.45, 2.75) is 51.5 Å². The van der Waals surface area contributed by atoms with Crippen LogP contribution in [0.1, 0.15) is 26.5 Å². The minimum Gasteiger partial charge on any atom is -0.377 e. The number of rotatable bonds is 4. The fourth-order valence-electron chi connectivity index (χ4n) is 3.06. The number of urea groups is 1. The summed E-state index contributed by atoms with van der Waals surface area (Å²) < 4.78 is 25.9. The smallest absolute Gasteiger partial charge is 0.323 e. The molecule has 1 aromatic heterocycles. The zero-order valence-corrected chi connectivity index (χ0v) is 15.2. The molecule has 7 nitrogen and oxygen atoms in total. The van der Waals surface area contributed by atoms with Gasteiger partial charge in [-0.15, -0.1) is 0 Å². The van der Waals surface area contributed by atoms with E-state index in [1.165, 1.54) is 19.1 Å². The molecule has 1 saturated heterocycles. The number of hydrogen-bond donors (Lipinski definition) is 1. The number of methoxy groups -OCH3 is 2. The van der Waals surface area contributed by atoms with Crippen molar-refractivity contribution in [3.8, 4) is 0 Å². The van der Waals surface area contributed by atoms with Crippen molar-refractivity contribution in [2.75, 3.05) is 32.8 Å². The van der Waals surface area contributed by atoms with E-state index in [9.17, 15) is 9.18 Å². The molecule has 136 valence electrons. The fraction of sp³-hybridized carbons (Fsp3) is 0.750. The van der Waals surface area contributed by atoms with E-state index < -0.39 is 18.8 Å². The Labute approximate surface area is 142 Å². The number of ether oxygens (including phenoxy) is 2. The number of carbonyl (C=O) groups excluding carboxylic acids is 1. The molecule has 1 aliphatic rings. The van der Waals surface area contributed by atoms with Crippen LogP contribution in [0, 0.1) is 6.92 Å². The van der Waals surface area contributed by atoms with Crippen LogP contribution in [0.4, 0.5) is 15.0 Å². The third kappa shape index (κ3) is 3.54. The van der Waals surface area contributed by atoms with Gasteiger partial charge in [-0.3, -0.25) is 5.32 Å². The molecular formula is C16H27FN4O3. The quantitative estimate of drug-likeness (QED) is 0.910. The zero-order valence-electron chi connectivity index (χ0n) is 15.2. The zero-order chi connectivity index (χ0) is 18.1. The average Bonchev–Trinajstić information content (AvgIpc) is 3.06. The van der Waals surface area contributed by atoms with Crippen molar-refractivity contribution >= 4 is 11.8 Å². The monoisotopic (exact) mass is 342 g/mol. The lowest BCUT2D eigenvalue weighted by molar-refractivity contribution is -0.0217. The predicted molar refractivity (Wildman–Crippen MR) is 89.0 cm³/mol. The SMILES string of the molecule is CO[C@@H]1[C@H](OC)CN(C(=O)Nc2cc(C)nn2C(C)(C)C)[C@H]1CF.